The molecule has 0 bridgehead atoms. The molecule has 1 heterocycles. The van der Waals surface area contributed by atoms with Crippen molar-refractivity contribution in [1.29, 1.82) is 0 Å². The molecular weight excluding hydrogens is 655 g/mol. The molecule has 8 nitrogen and oxygen atoms in total. The number of benzene rings is 3. The van der Waals surface area contributed by atoms with Crippen LogP contribution in [0.3, 0.4) is 0 Å². The summed E-state index contributed by atoms with van der Waals surface area (Å²) in [5.74, 6) is 1.53. The summed E-state index contributed by atoms with van der Waals surface area (Å²) in [5.41, 5.74) is 2.06. The Morgan fingerprint density at radius 1 is 0.953 bits per heavy atom. The van der Waals surface area contributed by atoms with E-state index in [-0.39, 0.29) is 5.91 Å². The molecule has 1 unspecified atom stereocenters. The van der Waals surface area contributed by atoms with Crippen LogP contribution in [0.4, 0.5) is 0 Å². The van der Waals surface area contributed by atoms with Gasteiger partial charge in [-0.2, -0.15) is 0 Å². The zero-order chi connectivity index (χ0) is 31.1. The number of carbonyl (C=O) groups excluding carboxylic acids is 2. The molecule has 1 aliphatic heterocycles. The van der Waals surface area contributed by atoms with E-state index in [2.05, 4.69) is 5.32 Å². The molecule has 3 aromatic rings. The Balaban J connectivity index is 1.39. The number of hydrogen-bond acceptors (Lipinski definition) is 8. The first-order valence-electron chi connectivity index (χ1n) is 12.8. The summed E-state index contributed by atoms with van der Waals surface area (Å²) < 4.78 is 20.1. The minimum Gasteiger partial charge on any atom is -0.497 e. The summed E-state index contributed by atoms with van der Waals surface area (Å²) in [6, 6.07) is 18.9. The third-order valence-electron chi connectivity index (χ3n) is 6.29. The predicted octanol–water partition coefficient (Wildman–Crippen LogP) is 6.66. The zero-order valence-electron chi connectivity index (χ0n) is 23.3. The van der Waals surface area contributed by atoms with E-state index >= 15 is 0 Å². The van der Waals surface area contributed by atoms with E-state index in [1.807, 2.05) is 18.2 Å². The lowest BCUT2D eigenvalue weighted by Crippen LogP contribution is -2.47. The fourth-order valence-electron chi connectivity index (χ4n) is 4.02. The van der Waals surface area contributed by atoms with Gasteiger partial charge in [-0.3, -0.25) is 14.5 Å². The van der Waals surface area contributed by atoms with E-state index in [1.165, 1.54) is 18.9 Å². The van der Waals surface area contributed by atoms with Gasteiger partial charge in [-0.1, -0.05) is 77.0 Å². The maximum absolute atomic E-state index is 13.1. The van der Waals surface area contributed by atoms with Crippen LogP contribution in [0.25, 0.3) is 6.08 Å². The summed E-state index contributed by atoms with van der Waals surface area (Å²) in [6.45, 7) is 0.422. The van der Waals surface area contributed by atoms with Gasteiger partial charge in [0.2, 0.25) is 10.0 Å². The second kappa shape index (κ2) is 14.5. The normalized spacial score (nSPS) is 14.9. The molecule has 0 radical (unpaired) electrons. The van der Waals surface area contributed by atoms with Crippen molar-refractivity contribution >= 4 is 81.0 Å². The molecule has 13 heteroatoms. The summed E-state index contributed by atoms with van der Waals surface area (Å²) >= 11 is 25.0. The lowest BCUT2D eigenvalue weighted by Gasteiger charge is -2.26. The zero-order valence-corrected chi connectivity index (χ0v) is 27.2. The number of alkyl halides is 3. The molecule has 226 valence electrons. The van der Waals surface area contributed by atoms with Gasteiger partial charge in [-0.05, 0) is 72.2 Å². The Morgan fingerprint density at radius 2 is 1.60 bits per heavy atom. The number of hydrogen-bond donors (Lipinski definition) is 1. The van der Waals surface area contributed by atoms with Crippen LogP contribution in [-0.2, 0) is 11.2 Å². The van der Waals surface area contributed by atoms with Gasteiger partial charge in [0.15, 0.2) is 11.5 Å². The Morgan fingerprint density at radius 3 is 2.21 bits per heavy atom. The van der Waals surface area contributed by atoms with Crippen molar-refractivity contribution in [2.45, 2.75) is 16.4 Å². The van der Waals surface area contributed by atoms with E-state index < -0.39 is 15.9 Å². The fourth-order valence-corrected chi connectivity index (χ4v) is 5.63. The van der Waals surface area contributed by atoms with Crippen molar-refractivity contribution in [1.82, 2.24) is 10.2 Å². The first kappa shape index (κ1) is 32.8. The smallest absolute Gasteiger partial charge is 0.266 e. The second-order valence-corrected chi connectivity index (χ2v) is 13.1. The summed E-state index contributed by atoms with van der Waals surface area (Å²) in [5, 5.41) is 2.59. The monoisotopic (exact) mass is 680 g/mol. The molecule has 1 atom stereocenters. The molecule has 0 spiro atoms. The molecule has 0 aliphatic carbocycles. The number of nitrogens with zero attached hydrogens (tertiary/aromatic N) is 1. The average molecular weight is 682 g/mol. The molecule has 0 aromatic heterocycles. The van der Waals surface area contributed by atoms with Gasteiger partial charge >= 0.3 is 0 Å². The minimum atomic E-state index is -1.97. The molecule has 1 fully saturated rings. The number of amides is 2. The fraction of sp³-hybridized carbons (Fsp3) is 0.233. The SMILES string of the molecule is COc1ccc(C(=O)NC(Oc2ccc(C=C3SC(=S)N(CCc4ccc(OC)c(OC)c4)C3=O)cc2)C(Cl)(Cl)Cl)cc1. The van der Waals surface area contributed by atoms with Crippen molar-refractivity contribution in [2.75, 3.05) is 27.9 Å². The highest BCUT2D eigenvalue weighted by Gasteiger charge is 2.36. The summed E-state index contributed by atoms with van der Waals surface area (Å²) in [6.07, 6.45) is 1.04. The molecule has 1 saturated heterocycles. The van der Waals surface area contributed by atoms with E-state index in [0.29, 0.717) is 50.8 Å². The number of carbonyl (C=O) groups is 2. The minimum absolute atomic E-state index is 0.173. The standard InChI is InChI=1S/C30H27Cl3N2O6S2/c1-38-21-11-7-20(8-12-21)26(36)34-28(30(31,32)33)41-22-9-4-18(5-10-22)17-25-27(37)35(29(42)43-25)15-14-19-6-13-23(39-2)24(16-19)40-3/h4-13,16-17,28H,14-15H2,1-3H3,(H,34,36). The highest BCUT2D eigenvalue weighted by atomic mass is 35.6. The molecule has 1 N–H and O–H groups in total. The Labute approximate surface area is 274 Å². The van der Waals surface area contributed by atoms with E-state index in [1.54, 1.807) is 73.7 Å². The second-order valence-electron chi connectivity index (χ2n) is 9.08. The Hall–Kier alpha value is -3.15. The van der Waals surface area contributed by atoms with E-state index in [9.17, 15) is 9.59 Å². The average Bonchev–Trinajstić information content (AvgIpc) is 3.26. The van der Waals surface area contributed by atoms with Crippen molar-refractivity contribution in [2.24, 2.45) is 0 Å². The first-order valence-corrected chi connectivity index (χ1v) is 15.1. The summed E-state index contributed by atoms with van der Waals surface area (Å²) in [4.78, 5) is 27.9. The van der Waals surface area contributed by atoms with Gasteiger partial charge < -0.3 is 24.3 Å². The lowest BCUT2D eigenvalue weighted by atomic mass is 10.1. The molecule has 4 rings (SSSR count). The largest absolute Gasteiger partial charge is 0.497 e. The molecule has 2 amide bonds. The molecular formula is C30H27Cl3N2O6S2. The van der Waals surface area contributed by atoms with Gasteiger partial charge in [-0.25, -0.2) is 0 Å². The van der Waals surface area contributed by atoms with Gasteiger partial charge in [0.05, 0.1) is 26.2 Å². The number of nitrogens with one attached hydrogen (secondary N) is 1. The third-order valence-corrected chi connectivity index (χ3v) is 8.26. The highest BCUT2D eigenvalue weighted by molar-refractivity contribution is 8.26. The Kier molecular flexibility index (Phi) is 11.1. The van der Waals surface area contributed by atoms with Crippen molar-refractivity contribution < 1.29 is 28.5 Å². The van der Waals surface area contributed by atoms with E-state index in [0.717, 1.165) is 11.1 Å². The van der Waals surface area contributed by atoms with Crippen LogP contribution in [0, 0.1) is 0 Å². The van der Waals surface area contributed by atoms with Crippen LogP contribution in [0.5, 0.6) is 23.0 Å². The molecule has 1 aliphatic rings. The van der Waals surface area contributed by atoms with Crippen molar-refractivity contribution in [3.8, 4) is 23.0 Å². The third kappa shape index (κ3) is 8.49. The van der Waals surface area contributed by atoms with Crippen molar-refractivity contribution in [3.05, 3.63) is 88.3 Å². The first-order chi connectivity index (χ1) is 20.5. The number of thiocarbonyl (C=S) groups is 1. The van der Waals surface area contributed by atoms with Crippen LogP contribution in [0.1, 0.15) is 21.5 Å². The van der Waals surface area contributed by atoms with Gasteiger partial charge in [0, 0.05) is 12.1 Å². The summed E-state index contributed by atoms with van der Waals surface area (Å²) in [7, 11) is 4.69. The lowest BCUT2D eigenvalue weighted by molar-refractivity contribution is -0.122. The van der Waals surface area contributed by atoms with Crippen LogP contribution in [0.2, 0.25) is 0 Å². The van der Waals surface area contributed by atoms with Crippen LogP contribution >= 0.6 is 58.8 Å². The predicted molar refractivity (Wildman–Crippen MR) is 175 cm³/mol. The van der Waals surface area contributed by atoms with Crippen molar-refractivity contribution in [3.63, 3.8) is 0 Å². The van der Waals surface area contributed by atoms with Gasteiger partial charge in [0.1, 0.15) is 15.8 Å². The van der Waals surface area contributed by atoms with Crippen LogP contribution in [-0.4, -0.2) is 58.9 Å². The number of thioether (sulfide) groups is 1. The number of rotatable bonds is 11. The van der Waals surface area contributed by atoms with Gasteiger partial charge in [-0.15, -0.1) is 0 Å². The topological polar surface area (TPSA) is 86.3 Å². The highest BCUT2D eigenvalue weighted by Crippen LogP contribution is 2.35. The Bertz CT molecular complexity index is 1510. The molecule has 0 saturated carbocycles. The van der Waals surface area contributed by atoms with Crippen LogP contribution in [0.15, 0.2) is 71.6 Å². The quantitative estimate of drug-likeness (QED) is 0.104. The molecule has 3 aromatic carbocycles. The number of methoxy groups -OCH3 is 3. The number of ether oxygens (including phenoxy) is 4. The van der Waals surface area contributed by atoms with E-state index in [4.69, 9.17) is 66.0 Å². The molecule has 43 heavy (non-hydrogen) atoms. The van der Waals surface area contributed by atoms with Crippen LogP contribution < -0.4 is 24.3 Å². The van der Waals surface area contributed by atoms with Gasteiger partial charge in [0.25, 0.3) is 11.8 Å². The number of halogens is 3. The maximum atomic E-state index is 13.1. The maximum Gasteiger partial charge on any atom is 0.266 e.